The molecule has 4 N–H and O–H groups in total. The molecule has 0 rings (SSSR count). The van der Waals surface area contributed by atoms with Crippen LogP contribution in [0.2, 0.25) is 0 Å². The molecule has 0 heterocycles. The highest BCUT2D eigenvalue weighted by Crippen LogP contribution is 2.45. The largest absolute Gasteiger partial charge is 0.472 e. The molecule has 0 aromatic heterocycles. The first-order valence-electron chi connectivity index (χ1n) is 49.1. The standard InChI is InChI=1S/C105H178O16P2/c1-4-7-10-13-16-19-22-25-28-31-34-37-40-42-44-46-47-48-49-50-51-53-55-56-59-61-64-67-70-73-76-79-82-85-88-91-103(108)115-94-100(106)95-117-122(111,112)118-96-101(107)97-119-123(113,114)120-99-102(121-105(110)93-90-87-84-81-78-75-72-69-66-63-58-39-36-33-30-27-24-21-18-15-12-9-6-3)98-116-104(109)92-89-86-83-80-77-74-71-68-65-62-60-57-54-52-45-43-41-38-35-32-29-26-23-20-17-14-11-8-5-2/h8-9,11-12,16-21,25-30,34-39,42-45,63,66,72,75,100-102,106-107H,4-7,10,13-15,22-24,31-33,40-41,46-62,64-65,67-71,73-74,76-99H2,1-3H3,(H,111,112)(H,113,114)/b11-8-,12-9-,19-16-,20-17-,21-18-,28-25-,29-26-,30-27-,37-34-,38-35-,39-36-,44-42-,45-43-,66-63-,75-72-. The molecule has 18 heteroatoms. The first-order chi connectivity index (χ1) is 60.2. The monoisotopic (exact) mass is 1760 g/mol. The van der Waals surface area contributed by atoms with Gasteiger partial charge in [0.05, 0.1) is 26.4 Å². The summed E-state index contributed by atoms with van der Waals surface area (Å²) in [6, 6.07) is 0. The minimum atomic E-state index is -4.96. The second-order valence-corrected chi connectivity index (χ2v) is 35.4. The molecule has 5 unspecified atom stereocenters. The van der Waals surface area contributed by atoms with E-state index in [2.05, 4.69) is 203 Å². The zero-order valence-corrected chi connectivity index (χ0v) is 79.6. The molecule has 0 aromatic rings. The lowest BCUT2D eigenvalue weighted by molar-refractivity contribution is -0.161. The average Bonchev–Trinajstić information content (AvgIpc) is 0.909. The Labute approximate surface area is 751 Å². The lowest BCUT2D eigenvalue weighted by atomic mass is 10.0. The molecule has 0 aliphatic heterocycles. The van der Waals surface area contributed by atoms with Crippen LogP contribution in [0.15, 0.2) is 182 Å². The van der Waals surface area contributed by atoms with Crippen molar-refractivity contribution in [1.29, 1.82) is 0 Å². The molecule has 0 aromatic carbocycles. The molecule has 16 nitrogen and oxygen atoms in total. The van der Waals surface area contributed by atoms with Crippen molar-refractivity contribution >= 4 is 33.6 Å². The lowest BCUT2D eigenvalue weighted by Crippen LogP contribution is -2.30. The van der Waals surface area contributed by atoms with E-state index in [0.717, 1.165) is 167 Å². The van der Waals surface area contributed by atoms with Crippen LogP contribution >= 0.6 is 15.6 Å². The summed E-state index contributed by atoms with van der Waals surface area (Å²) < 4.78 is 61.6. The summed E-state index contributed by atoms with van der Waals surface area (Å²) in [6.07, 6.45) is 127. The first-order valence-corrected chi connectivity index (χ1v) is 52.1. The minimum Gasteiger partial charge on any atom is -0.463 e. The van der Waals surface area contributed by atoms with Crippen molar-refractivity contribution < 1.29 is 75.8 Å². The zero-order valence-electron chi connectivity index (χ0n) is 77.8. The van der Waals surface area contributed by atoms with E-state index in [-0.39, 0.29) is 19.3 Å². The normalized spacial score (nSPS) is 14.5. The fourth-order valence-corrected chi connectivity index (χ4v) is 14.8. The summed E-state index contributed by atoms with van der Waals surface area (Å²) in [7, 11) is -9.83. The highest BCUT2D eigenvalue weighted by Gasteiger charge is 2.30. The molecule has 0 aliphatic rings. The van der Waals surface area contributed by atoms with Gasteiger partial charge in [-0.3, -0.25) is 32.5 Å². The Kier molecular flexibility index (Phi) is 91.6. The van der Waals surface area contributed by atoms with Crippen molar-refractivity contribution in [3.8, 4) is 0 Å². The lowest BCUT2D eigenvalue weighted by Gasteiger charge is -2.21. The van der Waals surface area contributed by atoms with E-state index in [1.165, 1.54) is 180 Å². The molecular weight excluding hydrogens is 1580 g/mol. The first kappa shape index (κ1) is 118. The topological polar surface area (TPSA) is 231 Å². The Bertz CT molecular complexity index is 2970. The Hall–Kier alpha value is -5.35. The number of rotatable bonds is 92. The van der Waals surface area contributed by atoms with Gasteiger partial charge in [-0.2, -0.15) is 0 Å². The van der Waals surface area contributed by atoms with Gasteiger partial charge in [0.25, 0.3) is 0 Å². The predicted molar refractivity (Wildman–Crippen MR) is 518 cm³/mol. The minimum absolute atomic E-state index is 0.0695. The number of allylic oxidation sites excluding steroid dienone is 30. The number of ether oxygens (including phenoxy) is 3. The summed E-state index contributed by atoms with van der Waals surface area (Å²) in [4.78, 5) is 59.1. The van der Waals surface area contributed by atoms with Gasteiger partial charge in [0.1, 0.15) is 25.4 Å². The van der Waals surface area contributed by atoms with Gasteiger partial charge in [-0.1, -0.05) is 409 Å². The second-order valence-electron chi connectivity index (χ2n) is 32.5. The summed E-state index contributed by atoms with van der Waals surface area (Å²) in [5.41, 5.74) is 0. The van der Waals surface area contributed by atoms with Crippen LogP contribution < -0.4 is 0 Å². The van der Waals surface area contributed by atoms with Crippen LogP contribution in [-0.2, 0) is 55.8 Å². The van der Waals surface area contributed by atoms with Crippen LogP contribution in [0, 0.1) is 0 Å². The number of carbonyl (C=O) groups is 3. The maximum Gasteiger partial charge on any atom is 0.472 e. The molecule has 0 bridgehead atoms. The molecule has 5 atom stereocenters. The average molecular weight is 1760 g/mol. The molecule has 0 radical (unpaired) electrons. The predicted octanol–water partition coefficient (Wildman–Crippen LogP) is 30.8. The van der Waals surface area contributed by atoms with E-state index in [1.807, 2.05) is 0 Å². The maximum atomic E-state index is 13.1. The van der Waals surface area contributed by atoms with Crippen molar-refractivity contribution in [1.82, 2.24) is 0 Å². The van der Waals surface area contributed by atoms with Crippen molar-refractivity contribution in [2.24, 2.45) is 0 Å². The molecule has 0 aliphatic carbocycles. The van der Waals surface area contributed by atoms with Gasteiger partial charge in [0.15, 0.2) is 6.10 Å². The third kappa shape index (κ3) is 97.1. The van der Waals surface area contributed by atoms with Crippen LogP contribution in [0.4, 0.5) is 0 Å². The van der Waals surface area contributed by atoms with E-state index in [1.54, 1.807) is 0 Å². The number of phosphoric ester groups is 2. The number of carbonyl (C=O) groups excluding carboxylic acids is 3. The van der Waals surface area contributed by atoms with Crippen LogP contribution in [0.1, 0.15) is 406 Å². The van der Waals surface area contributed by atoms with Crippen molar-refractivity contribution in [2.45, 2.75) is 424 Å². The Morgan fingerprint density at radius 3 is 0.683 bits per heavy atom. The van der Waals surface area contributed by atoms with Gasteiger partial charge in [-0.15, -0.1) is 0 Å². The van der Waals surface area contributed by atoms with Crippen LogP contribution in [0.5, 0.6) is 0 Å². The second kappa shape index (κ2) is 95.7. The highest BCUT2D eigenvalue weighted by molar-refractivity contribution is 7.47. The Morgan fingerprint density at radius 1 is 0.236 bits per heavy atom. The SMILES string of the molecule is CC/C=C\C/C=C\C/C=C\C/C=C\C/C=C\C/C=C\CCCCCCC(=O)OC(COC(=O)CCCCCCCCCCCCCCC/C=C\C/C=C\C/C=C\C/C=C\C/C=C\CC)COP(=O)(O)OCC(O)COP(=O)(O)OCC(O)COC(=O)CCCCCCCCCCCCCCCCCCCCC/C=C\C/C=C\C/C=C\C/C=C\CCCCC. The van der Waals surface area contributed by atoms with E-state index < -0.39 is 91.5 Å². The van der Waals surface area contributed by atoms with E-state index in [4.69, 9.17) is 32.3 Å². The fourth-order valence-electron chi connectivity index (χ4n) is 13.2. The molecular formula is C105H178O16P2. The van der Waals surface area contributed by atoms with Crippen molar-refractivity contribution in [2.75, 3.05) is 39.6 Å². The van der Waals surface area contributed by atoms with Gasteiger partial charge < -0.3 is 34.2 Å². The molecule has 0 spiro atoms. The smallest absolute Gasteiger partial charge is 0.463 e. The molecule has 123 heavy (non-hydrogen) atoms. The quantitative estimate of drug-likeness (QED) is 0.0146. The highest BCUT2D eigenvalue weighted by atomic mass is 31.2. The number of esters is 3. The van der Waals surface area contributed by atoms with Gasteiger partial charge in [-0.05, 0) is 161 Å². The summed E-state index contributed by atoms with van der Waals surface area (Å²) >= 11 is 0. The summed E-state index contributed by atoms with van der Waals surface area (Å²) in [6.45, 7) is 2.44. The Morgan fingerprint density at radius 2 is 0.431 bits per heavy atom. The van der Waals surface area contributed by atoms with Gasteiger partial charge >= 0.3 is 33.6 Å². The number of unbranched alkanes of at least 4 members (excludes halogenated alkanes) is 39. The number of hydrogen-bond acceptors (Lipinski definition) is 14. The van der Waals surface area contributed by atoms with E-state index >= 15 is 0 Å². The van der Waals surface area contributed by atoms with Gasteiger partial charge in [0, 0.05) is 19.3 Å². The molecule has 704 valence electrons. The van der Waals surface area contributed by atoms with Crippen LogP contribution in [0.25, 0.3) is 0 Å². The molecule has 0 saturated heterocycles. The fraction of sp³-hybridized carbons (Fsp3) is 0.686. The number of aliphatic hydroxyl groups excluding tert-OH is 2. The summed E-state index contributed by atoms with van der Waals surface area (Å²) in [5.74, 6) is -1.60. The zero-order chi connectivity index (χ0) is 89.3. The molecule has 0 amide bonds. The Balaban J connectivity index is 4.57. The third-order valence-corrected chi connectivity index (χ3v) is 22.5. The third-order valence-electron chi connectivity index (χ3n) is 20.6. The van der Waals surface area contributed by atoms with Gasteiger partial charge in [0.2, 0.25) is 0 Å². The number of hydrogen-bond donors (Lipinski definition) is 4. The molecule has 0 saturated carbocycles. The van der Waals surface area contributed by atoms with Crippen LogP contribution in [-0.4, -0.2) is 95.9 Å². The van der Waals surface area contributed by atoms with Crippen molar-refractivity contribution in [3.05, 3.63) is 182 Å². The van der Waals surface area contributed by atoms with Gasteiger partial charge in [-0.25, -0.2) is 9.13 Å². The van der Waals surface area contributed by atoms with Crippen LogP contribution in [0.3, 0.4) is 0 Å². The van der Waals surface area contributed by atoms with E-state index in [0.29, 0.717) is 19.3 Å². The van der Waals surface area contributed by atoms with Crippen molar-refractivity contribution in [3.63, 3.8) is 0 Å². The number of aliphatic hydroxyl groups is 2. The molecule has 0 fully saturated rings. The summed E-state index contributed by atoms with van der Waals surface area (Å²) in [5, 5.41) is 20.8. The maximum absolute atomic E-state index is 13.1. The van der Waals surface area contributed by atoms with E-state index in [9.17, 15) is 43.5 Å². The number of phosphoric acid groups is 2.